The predicted molar refractivity (Wildman–Crippen MR) is 60.4 cm³/mol. The first-order valence-electron chi connectivity index (χ1n) is 5.18. The van der Waals surface area contributed by atoms with Crippen molar-refractivity contribution >= 4 is 0 Å². The van der Waals surface area contributed by atoms with Crippen LogP contribution in [0.2, 0.25) is 0 Å². The average molecular weight is 196 g/mol. The van der Waals surface area contributed by atoms with Crippen molar-refractivity contribution in [3.8, 4) is 11.1 Å². The summed E-state index contributed by atoms with van der Waals surface area (Å²) in [5.74, 6) is 0. The molecule has 2 heterocycles. The number of benzene rings is 1. The molecule has 1 aliphatic heterocycles. The van der Waals surface area contributed by atoms with Gasteiger partial charge in [0.1, 0.15) is 0 Å². The van der Waals surface area contributed by atoms with Crippen molar-refractivity contribution in [2.75, 3.05) is 6.54 Å². The summed E-state index contributed by atoms with van der Waals surface area (Å²) < 4.78 is 0. The molecule has 0 aliphatic carbocycles. The van der Waals surface area contributed by atoms with E-state index in [0.717, 1.165) is 6.54 Å². The lowest BCUT2D eigenvalue weighted by Crippen LogP contribution is -1.89. The number of nitrogens with zero attached hydrogens (tertiary/aromatic N) is 1. The van der Waals surface area contributed by atoms with Crippen molar-refractivity contribution in [2.45, 2.75) is 6.04 Å². The molecule has 74 valence electrons. The van der Waals surface area contributed by atoms with E-state index in [9.17, 15) is 0 Å². The van der Waals surface area contributed by atoms with E-state index >= 15 is 0 Å². The fourth-order valence-corrected chi connectivity index (χ4v) is 1.86. The molecule has 1 saturated heterocycles. The summed E-state index contributed by atoms with van der Waals surface area (Å²) in [4.78, 5) is 4.16. The number of hydrogen-bond donors (Lipinski definition) is 1. The van der Waals surface area contributed by atoms with Crippen LogP contribution in [0.25, 0.3) is 11.1 Å². The highest BCUT2D eigenvalue weighted by atomic mass is 15.1. The average Bonchev–Trinajstić information content (AvgIpc) is 3.14. The van der Waals surface area contributed by atoms with Gasteiger partial charge in [0.25, 0.3) is 0 Å². The standard InChI is InChI=1S/C13H12N2/c1-2-6-12(13-9-15-13)11(5-1)10-4-3-7-14-8-10/h1-8,13,15H,9H2/t13-/m1/s1. The lowest BCUT2D eigenvalue weighted by Gasteiger charge is -2.06. The molecule has 2 heteroatoms. The zero-order valence-electron chi connectivity index (χ0n) is 8.35. The minimum atomic E-state index is 0.543. The maximum Gasteiger partial charge on any atom is 0.0453 e. The molecule has 0 saturated carbocycles. The summed E-state index contributed by atoms with van der Waals surface area (Å²) in [6, 6.07) is 13.1. The predicted octanol–water partition coefficient (Wildman–Crippen LogP) is 2.39. The Kier molecular flexibility index (Phi) is 2.00. The third-order valence-electron chi connectivity index (χ3n) is 2.72. The van der Waals surface area contributed by atoms with Gasteiger partial charge in [0.05, 0.1) is 0 Å². The molecule has 3 rings (SSSR count). The summed E-state index contributed by atoms with van der Waals surface area (Å²) >= 11 is 0. The van der Waals surface area contributed by atoms with Crippen molar-refractivity contribution < 1.29 is 0 Å². The largest absolute Gasteiger partial charge is 0.307 e. The van der Waals surface area contributed by atoms with Gasteiger partial charge in [-0.3, -0.25) is 4.98 Å². The Morgan fingerprint density at radius 2 is 2.00 bits per heavy atom. The minimum absolute atomic E-state index is 0.543. The van der Waals surface area contributed by atoms with E-state index in [0.29, 0.717) is 6.04 Å². The zero-order valence-corrected chi connectivity index (χ0v) is 8.35. The van der Waals surface area contributed by atoms with Gasteiger partial charge in [-0.05, 0) is 17.2 Å². The molecule has 15 heavy (non-hydrogen) atoms. The highest BCUT2D eigenvalue weighted by molar-refractivity contribution is 5.67. The highest BCUT2D eigenvalue weighted by Crippen LogP contribution is 2.31. The van der Waals surface area contributed by atoms with Crippen LogP contribution in [-0.4, -0.2) is 11.5 Å². The van der Waals surface area contributed by atoms with E-state index < -0.39 is 0 Å². The molecular formula is C13H12N2. The number of nitrogens with one attached hydrogen (secondary N) is 1. The van der Waals surface area contributed by atoms with Gasteiger partial charge in [-0.15, -0.1) is 0 Å². The molecule has 1 fully saturated rings. The van der Waals surface area contributed by atoms with Gasteiger partial charge >= 0.3 is 0 Å². The molecular weight excluding hydrogens is 184 g/mol. The van der Waals surface area contributed by atoms with Crippen LogP contribution in [0.3, 0.4) is 0 Å². The quantitative estimate of drug-likeness (QED) is 0.748. The van der Waals surface area contributed by atoms with Crippen LogP contribution in [0.5, 0.6) is 0 Å². The lowest BCUT2D eigenvalue weighted by molar-refractivity contribution is 1.08. The van der Waals surface area contributed by atoms with Crippen LogP contribution in [0, 0.1) is 0 Å². The fourth-order valence-electron chi connectivity index (χ4n) is 1.86. The number of rotatable bonds is 2. The van der Waals surface area contributed by atoms with Crippen molar-refractivity contribution in [1.82, 2.24) is 10.3 Å². The van der Waals surface area contributed by atoms with E-state index in [-0.39, 0.29) is 0 Å². The van der Waals surface area contributed by atoms with Gasteiger partial charge < -0.3 is 5.32 Å². The first-order chi connectivity index (χ1) is 7.45. The number of hydrogen-bond acceptors (Lipinski definition) is 2. The van der Waals surface area contributed by atoms with E-state index in [1.165, 1.54) is 16.7 Å². The monoisotopic (exact) mass is 196 g/mol. The van der Waals surface area contributed by atoms with Gasteiger partial charge in [0, 0.05) is 30.5 Å². The molecule has 2 nitrogen and oxygen atoms in total. The van der Waals surface area contributed by atoms with Crippen LogP contribution in [0.15, 0.2) is 48.8 Å². The molecule has 0 spiro atoms. The number of pyridine rings is 1. The van der Waals surface area contributed by atoms with Crippen LogP contribution in [0.4, 0.5) is 0 Å². The second-order valence-electron chi connectivity index (χ2n) is 3.79. The molecule has 0 unspecified atom stereocenters. The maximum atomic E-state index is 4.16. The van der Waals surface area contributed by atoms with Crippen molar-refractivity contribution in [1.29, 1.82) is 0 Å². The van der Waals surface area contributed by atoms with Gasteiger partial charge in [-0.1, -0.05) is 30.3 Å². The lowest BCUT2D eigenvalue weighted by atomic mass is 9.99. The Hall–Kier alpha value is -1.67. The van der Waals surface area contributed by atoms with Gasteiger partial charge in [0.2, 0.25) is 0 Å². The molecule has 2 aromatic rings. The second-order valence-corrected chi connectivity index (χ2v) is 3.79. The third-order valence-corrected chi connectivity index (χ3v) is 2.72. The first-order valence-corrected chi connectivity index (χ1v) is 5.18. The van der Waals surface area contributed by atoms with E-state index in [1.807, 2.05) is 18.5 Å². The highest BCUT2D eigenvalue weighted by Gasteiger charge is 2.24. The maximum absolute atomic E-state index is 4.16. The molecule has 1 N–H and O–H groups in total. The molecule has 0 radical (unpaired) electrons. The molecule has 1 aromatic heterocycles. The van der Waals surface area contributed by atoms with Crippen LogP contribution in [-0.2, 0) is 0 Å². The van der Waals surface area contributed by atoms with Crippen LogP contribution < -0.4 is 5.32 Å². The topological polar surface area (TPSA) is 34.8 Å². The fraction of sp³-hybridized carbons (Fsp3) is 0.154. The Labute approximate surface area is 89.0 Å². The second kappa shape index (κ2) is 3.48. The first kappa shape index (κ1) is 8.62. The molecule has 1 aliphatic rings. The summed E-state index contributed by atoms with van der Waals surface area (Å²) in [6.45, 7) is 1.09. The normalized spacial score (nSPS) is 18.8. The van der Waals surface area contributed by atoms with Gasteiger partial charge in [-0.2, -0.15) is 0 Å². The summed E-state index contributed by atoms with van der Waals surface area (Å²) in [7, 11) is 0. The Balaban J connectivity index is 2.11. The van der Waals surface area contributed by atoms with E-state index in [1.54, 1.807) is 0 Å². The smallest absolute Gasteiger partial charge is 0.0453 e. The summed E-state index contributed by atoms with van der Waals surface area (Å²) in [5.41, 5.74) is 3.87. The summed E-state index contributed by atoms with van der Waals surface area (Å²) in [6.07, 6.45) is 3.72. The third kappa shape index (κ3) is 1.64. The zero-order chi connectivity index (χ0) is 10.1. The van der Waals surface area contributed by atoms with Crippen LogP contribution in [0.1, 0.15) is 11.6 Å². The SMILES string of the molecule is c1cncc(-c2ccccc2[C@H]2CN2)c1. The van der Waals surface area contributed by atoms with Crippen molar-refractivity contribution in [3.63, 3.8) is 0 Å². The van der Waals surface area contributed by atoms with Crippen molar-refractivity contribution in [2.24, 2.45) is 0 Å². The molecule has 0 bridgehead atoms. The van der Waals surface area contributed by atoms with Crippen molar-refractivity contribution in [3.05, 3.63) is 54.4 Å². The Bertz CT molecular complexity index is 461. The van der Waals surface area contributed by atoms with Gasteiger partial charge in [-0.25, -0.2) is 0 Å². The number of aromatic nitrogens is 1. The van der Waals surface area contributed by atoms with Gasteiger partial charge in [0.15, 0.2) is 0 Å². The Morgan fingerprint density at radius 3 is 2.73 bits per heavy atom. The minimum Gasteiger partial charge on any atom is -0.307 e. The van der Waals surface area contributed by atoms with E-state index in [2.05, 4.69) is 40.6 Å². The molecule has 1 aromatic carbocycles. The van der Waals surface area contributed by atoms with Crippen LogP contribution >= 0.6 is 0 Å². The molecule has 1 atom stereocenters. The summed E-state index contributed by atoms with van der Waals surface area (Å²) in [5, 5.41) is 3.34. The molecule has 0 amide bonds. The Morgan fingerprint density at radius 1 is 1.13 bits per heavy atom. The van der Waals surface area contributed by atoms with E-state index in [4.69, 9.17) is 0 Å².